The van der Waals surface area contributed by atoms with E-state index >= 15 is 0 Å². The summed E-state index contributed by atoms with van der Waals surface area (Å²) in [7, 11) is 0. The molecular formula is C23H20BrN3O3. The molecule has 0 aliphatic rings. The predicted octanol–water partition coefficient (Wildman–Crippen LogP) is 4.34. The first-order chi connectivity index (χ1) is 14.5. The lowest BCUT2D eigenvalue weighted by molar-refractivity contribution is 0.0847. The van der Waals surface area contributed by atoms with Gasteiger partial charge in [-0.05, 0) is 64.3 Å². The van der Waals surface area contributed by atoms with Crippen molar-refractivity contribution in [1.29, 1.82) is 0 Å². The smallest absolute Gasteiger partial charge is 0.271 e. The lowest BCUT2D eigenvalue weighted by Gasteiger charge is -2.13. The summed E-state index contributed by atoms with van der Waals surface area (Å²) in [6, 6.07) is 20.7. The second-order valence-corrected chi connectivity index (χ2v) is 7.29. The Kier molecular flexibility index (Phi) is 6.98. The number of hydrogen-bond donors (Lipinski definition) is 3. The Morgan fingerprint density at radius 1 is 0.733 bits per heavy atom. The van der Waals surface area contributed by atoms with Gasteiger partial charge in [-0.15, -0.1) is 0 Å². The van der Waals surface area contributed by atoms with E-state index in [0.29, 0.717) is 21.3 Å². The Bertz CT molecular complexity index is 1080. The van der Waals surface area contributed by atoms with Crippen molar-refractivity contribution in [2.24, 2.45) is 0 Å². The molecule has 3 amide bonds. The highest BCUT2D eigenvalue weighted by molar-refractivity contribution is 9.10. The van der Waals surface area contributed by atoms with Gasteiger partial charge in [-0.1, -0.05) is 43.3 Å². The van der Waals surface area contributed by atoms with Gasteiger partial charge in [0.25, 0.3) is 17.7 Å². The van der Waals surface area contributed by atoms with Crippen LogP contribution >= 0.6 is 15.9 Å². The molecule has 0 unspecified atom stereocenters. The van der Waals surface area contributed by atoms with Gasteiger partial charge in [0.15, 0.2) is 0 Å². The average molecular weight is 466 g/mol. The van der Waals surface area contributed by atoms with Crippen molar-refractivity contribution in [3.63, 3.8) is 0 Å². The normalized spacial score (nSPS) is 10.2. The average Bonchev–Trinajstić information content (AvgIpc) is 2.78. The van der Waals surface area contributed by atoms with Gasteiger partial charge < -0.3 is 5.32 Å². The molecule has 7 heteroatoms. The van der Waals surface area contributed by atoms with Crippen molar-refractivity contribution in [3.8, 4) is 0 Å². The van der Waals surface area contributed by atoms with Gasteiger partial charge in [0.1, 0.15) is 0 Å². The number of halogens is 1. The number of anilines is 1. The summed E-state index contributed by atoms with van der Waals surface area (Å²) in [5.74, 6) is -1.33. The van der Waals surface area contributed by atoms with Gasteiger partial charge in [-0.3, -0.25) is 25.2 Å². The van der Waals surface area contributed by atoms with Crippen LogP contribution in [-0.2, 0) is 6.42 Å². The number of hydrazine groups is 1. The van der Waals surface area contributed by atoms with Crippen molar-refractivity contribution in [1.82, 2.24) is 10.9 Å². The number of aryl methyl sites for hydroxylation is 1. The van der Waals surface area contributed by atoms with Crippen LogP contribution in [0, 0.1) is 0 Å². The summed E-state index contributed by atoms with van der Waals surface area (Å²) in [6.07, 6.45) is 0.876. The molecule has 0 heterocycles. The largest absolute Gasteiger partial charge is 0.321 e. The highest BCUT2D eigenvalue weighted by Crippen LogP contribution is 2.20. The van der Waals surface area contributed by atoms with E-state index in [2.05, 4.69) is 32.1 Å². The zero-order valence-electron chi connectivity index (χ0n) is 16.2. The predicted molar refractivity (Wildman–Crippen MR) is 119 cm³/mol. The summed E-state index contributed by atoms with van der Waals surface area (Å²) < 4.78 is 0.644. The van der Waals surface area contributed by atoms with E-state index in [1.807, 2.05) is 19.1 Å². The van der Waals surface area contributed by atoms with Gasteiger partial charge in [0.05, 0.1) is 16.8 Å². The maximum absolute atomic E-state index is 12.6. The first-order valence-corrected chi connectivity index (χ1v) is 10.1. The minimum Gasteiger partial charge on any atom is -0.321 e. The van der Waals surface area contributed by atoms with Crippen LogP contribution in [0.3, 0.4) is 0 Å². The quantitative estimate of drug-likeness (QED) is 0.489. The molecule has 152 valence electrons. The van der Waals surface area contributed by atoms with E-state index in [4.69, 9.17) is 0 Å². The van der Waals surface area contributed by atoms with Gasteiger partial charge >= 0.3 is 0 Å². The number of benzene rings is 3. The molecule has 3 aromatic rings. The Morgan fingerprint density at radius 2 is 1.33 bits per heavy atom. The molecule has 3 rings (SSSR count). The van der Waals surface area contributed by atoms with E-state index in [9.17, 15) is 14.4 Å². The summed E-state index contributed by atoms with van der Waals surface area (Å²) in [5, 5.41) is 2.74. The zero-order valence-corrected chi connectivity index (χ0v) is 17.8. The number of hydrogen-bond acceptors (Lipinski definition) is 3. The van der Waals surface area contributed by atoms with E-state index in [-0.39, 0.29) is 11.5 Å². The molecule has 0 aliphatic carbocycles. The molecule has 0 saturated heterocycles. The number of rotatable bonds is 5. The first kappa shape index (κ1) is 21.3. The molecule has 0 fully saturated rings. The van der Waals surface area contributed by atoms with E-state index in [1.165, 1.54) is 0 Å². The van der Waals surface area contributed by atoms with Gasteiger partial charge in [-0.2, -0.15) is 0 Å². The van der Waals surface area contributed by atoms with Crippen molar-refractivity contribution in [2.75, 3.05) is 5.32 Å². The molecule has 30 heavy (non-hydrogen) atoms. The van der Waals surface area contributed by atoms with E-state index in [0.717, 1.165) is 12.0 Å². The van der Waals surface area contributed by atoms with Crippen LogP contribution in [-0.4, -0.2) is 17.7 Å². The van der Waals surface area contributed by atoms with Crippen molar-refractivity contribution in [2.45, 2.75) is 13.3 Å². The third kappa shape index (κ3) is 5.12. The van der Waals surface area contributed by atoms with Crippen LogP contribution in [0.2, 0.25) is 0 Å². The Balaban J connectivity index is 1.68. The zero-order chi connectivity index (χ0) is 21.5. The third-order valence-electron chi connectivity index (χ3n) is 4.45. The summed E-state index contributed by atoms with van der Waals surface area (Å²) >= 11 is 3.34. The number of carbonyl (C=O) groups is 3. The summed E-state index contributed by atoms with van der Waals surface area (Å²) in [6.45, 7) is 2.03. The van der Waals surface area contributed by atoms with Crippen LogP contribution in [0.4, 0.5) is 5.69 Å². The molecule has 3 N–H and O–H groups in total. The maximum Gasteiger partial charge on any atom is 0.271 e. The maximum atomic E-state index is 12.6. The van der Waals surface area contributed by atoms with E-state index in [1.54, 1.807) is 60.7 Å². The number of para-hydroxylation sites is 1. The van der Waals surface area contributed by atoms with Crippen molar-refractivity contribution < 1.29 is 14.4 Å². The third-order valence-corrected chi connectivity index (χ3v) is 5.14. The molecule has 0 aliphatic heterocycles. The molecule has 0 radical (unpaired) electrons. The standard InChI is InChI=1S/C23H20BrN3O3/c1-2-15-11-13-16(14-12-15)21(28)26-27-23(30)18-8-4-6-10-20(18)25-22(29)17-7-3-5-9-19(17)24/h3-14H,2H2,1H3,(H,25,29)(H,26,28)(H,27,30). The highest BCUT2D eigenvalue weighted by atomic mass is 79.9. The summed E-state index contributed by atoms with van der Waals surface area (Å²) in [5.41, 5.74) is 7.33. The fourth-order valence-corrected chi connectivity index (χ4v) is 3.23. The monoisotopic (exact) mass is 465 g/mol. The van der Waals surface area contributed by atoms with Gasteiger partial charge in [-0.25, -0.2) is 0 Å². The SMILES string of the molecule is CCc1ccc(C(=O)NNC(=O)c2ccccc2NC(=O)c2ccccc2Br)cc1. The topological polar surface area (TPSA) is 87.3 Å². The number of carbonyl (C=O) groups excluding carboxylic acids is 3. The fourth-order valence-electron chi connectivity index (χ4n) is 2.77. The number of nitrogens with one attached hydrogen (secondary N) is 3. The van der Waals surface area contributed by atoms with Crippen molar-refractivity contribution in [3.05, 3.63) is 99.5 Å². The summed E-state index contributed by atoms with van der Waals surface area (Å²) in [4.78, 5) is 37.4. The molecule has 3 aromatic carbocycles. The minimum atomic E-state index is -0.545. The van der Waals surface area contributed by atoms with E-state index < -0.39 is 11.8 Å². The van der Waals surface area contributed by atoms with Crippen LogP contribution in [0.15, 0.2) is 77.3 Å². The minimum absolute atomic E-state index is 0.222. The molecule has 0 atom stereocenters. The molecule has 0 spiro atoms. The van der Waals surface area contributed by atoms with Crippen LogP contribution in [0.5, 0.6) is 0 Å². The Labute approximate surface area is 182 Å². The lowest BCUT2D eigenvalue weighted by Crippen LogP contribution is -2.41. The molecule has 6 nitrogen and oxygen atoms in total. The number of amides is 3. The Hall–Kier alpha value is -3.45. The van der Waals surface area contributed by atoms with Crippen LogP contribution in [0.25, 0.3) is 0 Å². The fraction of sp³-hybridized carbons (Fsp3) is 0.0870. The van der Waals surface area contributed by atoms with Gasteiger partial charge in [0, 0.05) is 10.0 Å². The molecule has 0 aromatic heterocycles. The van der Waals surface area contributed by atoms with Crippen molar-refractivity contribution >= 4 is 39.3 Å². The van der Waals surface area contributed by atoms with Gasteiger partial charge in [0.2, 0.25) is 0 Å². The van der Waals surface area contributed by atoms with Crippen LogP contribution < -0.4 is 16.2 Å². The lowest BCUT2D eigenvalue weighted by atomic mass is 10.1. The second-order valence-electron chi connectivity index (χ2n) is 6.44. The molecule has 0 bridgehead atoms. The first-order valence-electron chi connectivity index (χ1n) is 9.34. The highest BCUT2D eigenvalue weighted by Gasteiger charge is 2.16. The van der Waals surface area contributed by atoms with Crippen LogP contribution in [0.1, 0.15) is 43.6 Å². The molecular weight excluding hydrogens is 446 g/mol. The molecule has 0 saturated carbocycles. The Morgan fingerprint density at radius 3 is 2.00 bits per heavy atom. The second kappa shape index (κ2) is 9.84.